The van der Waals surface area contributed by atoms with Gasteiger partial charge in [-0.05, 0) is 36.6 Å². The average molecular weight is 343 g/mol. The number of benzene rings is 1. The van der Waals surface area contributed by atoms with Crippen molar-refractivity contribution >= 4 is 35.1 Å². The van der Waals surface area contributed by atoms with Crippen LogP contribution in [0.4, 0.5) is 0 Å². The zero-order chi connectivity index (χ0) is 16.2. The molecule has 22 heavy (non-hydrogen) atoms. The van der Waals surface area contributed by atoms with E-state index in [0.29, 0.717) is 5.75 Å². The molecule has 0 aliphatic heterocycles. The predicted octanol–water partition coefficient (Wildman–Crippen LogP) is 4.31. The lowest BCUT2D eigenvalue weighted by atomic mass is 10.1. The number of carbonyl (C=O) groups is 2. The number of hydrogen-bond acceptors (Lipinski definition) is 4. The van der Waals surface area contributed by atoms with Gasteiger partial charge in [0, 0.05) is 5.02 Å². The molecule has 0 radical (unpaired) electrons. The Kier molecular flexibility index (Phi) is 10.0. The molecule has 0 aliphatic rings. The Labute approximate surface area is 141 Å². The van der Waals surface area contributed by atoms with E-state index in [1.807, 2.05) is 18.2 Å². The maximum absolute atomic E-state index is 11.4. The van der Waals surface area contributed by atoms with Crippen molar-refractivity contribution in [1.82, 2.24) is 0 Å². The topological polar surface area (TPSA) is 43.4 Å². The zero-order valence-corrected chi connectivity index (χ0v) is 14.5. The Morgan fingerprint density at radius 1 is 1.14 bits per heavy atom. The van der Waals surface area contributed by atoms with Crippen molar-refractivity contribution in [3.63, 3.8) is 0 Å². The average Bonchev–Trinajstić information content (AvgIpc) is 2.51. The van der Waals surface area contributed by atoms with Gasteiger partial charge in [-0.15, -0.1) is 0 Å². The third-order valence-electron chi connectivity index (χ3n) is 3.27. The van der Waals surface area contributed by atoms with Crippen LogP contribution in [0.5, 0.6) is 0 Å². The molecule has 0 N–H and O–H groups in total. The Bertz CT molecular complexity index is 477. The molecule has 3 nitrogen and oxygen atoms in total. The van der Waals surface area contributed by atoms with E-state index >= 15 is 0 Å². The number of ketones is 1. The fourth-order valence-corrected chi connectivity index (χ4v) is 3.16. The minimum absolute atomic E-state index is 0.0597. The maximum atomic E-state index is 11.4. The van der Waals surface area contributed by atoms with E-state index in [-0.39, 0.29) is 12.2 Å². The van der Waals surface area contributed by atoms with Crippen LogP contribution in [-0.2, 0) is 20.7 Å². The Morgan fingerprint density at radius 2 is 1.86 bits per heavy atom. The zero-order valence-electron chi connectivity index (χ0n) is 13.0. The van der Waals surface area contributed by atoms with Crippen LogP contribution in [0.25, 0.3) is 0 Å². The van der Waals surface area contributed by atoms with E-state index in [1.54, 1.807) is 11.8 Å². The number of Topliss-reactive ketones (excluding diaryl/α,β-unsaturated/α-hetero) is 1. The van der Waals surface area contributed by atoms with Crippen LogP contribution < -0.4 is 0 Å². The fraction of sp³-hybridized carbons (Fsp3) is 0.529. The van der Waals surface area contributed by atoms with Gasteiger partial charge in [0.2, 0.25) is 0 Å². The van der Waals surface area contributed by atoms with Crippen molar-refractivity contribution in [3.8, 4) is 0 Å². The molecule has 1 rings (SSSR count). The molecule has 0 saturated heterocycles. The van der Waals surface area contributed by atoms with Crippen LogP contribution in [-0.4, -0.2) is 30.4 Å². The number of halogens is 1. The molecule has 5 heteroatoms. The normalized spacial score (nSPS) is 10.5. The van der Waals surface area contributed by atoms with E-state index in [4.69, 9.17) is 11.6 Å². The van der Waals surface area contributed by atoms with Gasteiger partial charge in [-0.25, -0.2) is 0 Å². The van der Waals surface area contributed by atoms with E-state index in [1.165, 1.54) is 19.1 Å². The molecule has 1 aromatic rings. The smallest absolute Gasteiger partial charge is 0.313 e. The molecule has 0 saturated carbocycles. The summed E-state index contributed by atoms with van der Waals surface area (Å²) in [6.45, 7) is 0. The molecule has 122 valence electrons. The van der Waals surface area contributed by atoms with Crippen molar-refractivity contribution in [2.45, 2.75) is 38.5 Å². The molecular formula is C17H23ClO3S. The molecule has 0 aromatic heterocycles. The van der Waals surface area contributed by atoms with Crippen molar-refractivity contribution in [3.05, 3.63) is 34.9 Å². The number of thioether (sulfide) groups is 1. The molecule has 0 atom stereocenters. The Hall–Kier alpha value is -1.00. The van der Waals surface area contributed by atoms with Gasteiger partial charge in [0.05, 0.1) is 12.9 Å². The van der Waals surface area contributed by atoms with Gasteiger partial charge < -0.3 is 4.74 Å². The van der Waals surface area contributed by atoms with E-state index in [9.17, 15) is 9.59 Å². The summed E-state index contributed by atoms with van der Waals surface area (Å²) in [5.41, 5.74) is 1.21. The van der Waals surface area contributed by atoms with Crippen LogP contribution in [0.3, 0.4) is 0 Å². The lowest BCUT2D eigenvalue weighted by Gasteiger charge is -2.04. The molecule has 0 amide bonds. The molecule has 0 heterocycles. The molecule has 0 unspecified atom stereocenters. The molecular weight excluding hydrogens is 320 g/mol. The van der Waals surface area contributed by atoms with Gasteiger partial charge in [0.25, 0.3) is 0 Å². The van der Waals surface area contributed by atoms with Crippen LogP contribution >= 0.6 is 23.4 Å². The first kappa shape index (κ1) is 19.0. The summed E-state index contributed by atoms with van der Waals surface area (Å²) in [6.07, 6.45) is 5.46. The van der Waals surface area contributed by atoms with Crippen LogP contribution in [0, 0.1) is 0 Å². The summed E-state index contributed by atoms with van der Waals surface area (Å²) >= 11 is 7.71. The van der Waals surface area contributed by atoms with Crippen molar-refractivity contribution in [2.24, 2.45) is 0 Å². The van der Waals surface area contributed by atoms with Gasteiger partial charge in [-0.2, -0.15) is 11.8 Å². The largest absolute Gasteiger partial charge is 0.469 e. The van der Waals surface area contributed by atoms with Gasteiger partial charge in [-0.3, -0.25) is 9.59 Å². The summed E-state index contributed by atoms with van der Waals surface area (Å²) < 4.78 is 4.46. The first-order valence-corrected chi connectivity index (χ1v) is 9.06. The molecule has 0 spiro atoms. The van der Waals surface area contributed by atoms with E-state index in [2.05, 4.69) is 10.8 Å². The number of ether oxygens (including phenoxy) is 1. The van der Waals surface area contributed by atoms with Crippen molar-refractivity contribution in [2.75, 3.05) is 18.6 Å². The minimum atomic E-state index is -0.454. The Balaban J connectivity index is 1.97. The first-order chi connectivity index (χ1) is 10.6. The van der Waals surface area contributed by atoms with Crippen LogP contribution in [0.1, 0.15) is 37.7 Å². The predicted molar refractivity (Wildman–Crippen MR) is 92.6 cm³/mol. The van der Waals surface area contributed by atoms with Crippen molar-refractivity contribution in [1.29, 1.82) is 0 Å². The van der Waals surface area contributed by atoms with Crippen LogP contribution in [0.2, 0.25) is 5.02 Å². The number of aryl methyl sites for hydroxylation is 1. The lowest BCUT2D eigenvalue weighted by molar-refractivity contribution is -0.142. The standard InChI is InChI=1S/C17H23ClO3S/c1-21-17(20)12-15(19)13-22-11-7-3-2-4-8-14-9-5-6-10-16(14)18/h5-6,9-10H,2-4,7-8,11-13H2,1H3. The highest BCUT2D eigenvalue weighted by Gasteiger charge is 2.08. The molecule has 0 bridgehead atoms. The third kappa shape index (κ3) is 8.44. The first-order valence-electron chi connectivity index (χ1n) is 7.53. The van der Waals surface area contributed by atoms with Crippen molar-refractivity contribution < 1.29 is 14.3 Å². The SMILES string of the molecule is COC(=O)CC(=O)CSCCCCCCc1ccccc1Cl. The number of methoxy groups -OCH3 is 1. The monoisotopic (exact) mass is 342 g/mol. The summed E-state index contributed by atoms with van der Waals surface area (Å²) in [7, 11) is 1.30. The summed E-state index contributed by atoms with van der Waals surface area (Å²) in [5.74, 6) is 0.842. The molecule has 0 aliphatic carbocycles. The second kappa shape index (κ2) is 11.6. The highest BCUT2D eigenvalue weighted by Crippen LogP contribution is 2.18. The van der Waals surface area contributed by atoms with Crippen LogP contribution in [0.15, 0.2) is 24.3 Å². The number of unbranched alkanes of at least 4 members (excludes halogenated alkanes) is 3. The number of hydrogen-bond donors (Lipinski definition) is 0. The minimum Gasteiger partial charge on any atom is -0.469 e. The van der Waals surface area contributed by atoms with E-state index in [0.717, 1.165) is 36.5 Å². The maximum Gasteiger partial charge on any atom is 0.313 e. The third-order valence-corrected chi connectivity index (χ3v) is 4.75. The Morgan fingerprint density at radius 3 is 2.59 bits per heavy atom. The molecule has 1 aromatic carbocycles. The second-order valence-corrected chi connectivity index (χ2v) is 6.61. The fourth-order valence-electron chi connectivity index (χ4n) is 2.04. The number of esters is 1. The quantitative estimate of drug-likeness (QED) is 0.341. The highest BCUT2D eigenvalue weighted by atomic mass is 35.5. The van der Waals surface area contributed by atoms with Gasteiger partial charge in [0.15, 0.2) is 5.78 Å². The summed E-state index contributed by atoms with van der Waals surface area (Å²) in [6, 6.07) is 7.97. The summed E-state index contributed by atoms with van der Waals surface area (Å²) in [4.78, 5) is 22.3. The number of carbonyl (C=O) groups excluding carboxylic acids is 2. The lowest BCUT2D eigenvalue weighted by Crippen LogP contribution is -2.11. The number of rotatable bonds is 11. The van der Waals surface area contributed by atoms with E-state index < -0.39 is 5.97 Å². The van der Waals surface area contributed by atoms with Gasteiger partial charge in [-0.1, -0.05) is 42.6 Å². The van der Waals surface area contributed by atoms with Gasteiger partial charge >= 0.3 is 5.97 Å². The van der Waals surface area contributed by atoms with Gasteiger partial charge in [0.1, 0.15) is 6.42 Å². The summed E-state index contributed by atoms with van der Waals surface area (Å²) in [5, 5.41) is 0.849. The molecule has 0 fully saturated rings. The highest BCUT2D eigenvalue weighted by molar-refractivity contribution is 7.99. The second-order valence-electron chi connectivity index (χ2n) is 5.10.